The number of likely N-dealkylation sites (tertiary alicyclic amines) is 1. The summed E-state index contributed by atoms with van der Waals surface area (Å²) in [5.41, 5.74) is 0.0766. The van der Waals surface area contributed by atoms with Gasteiger partial charge in [-0.2, -0.15) is 0 Å². The molecule has 142 valence electrons. The molecule has 9 nitrogen and oxygen atoms in total. The zero-order chi connectivity index (χ0) is 19.2. The number of nitrogens with zero attached hydrogens (tertiary/aromatic N) is 1. The van der Waals surface area contributed by atoms with E-state index in [1.54, 1.807) is 24.3 Å². The lowest BCUT2D eigenvalue weighted by Crippen LogP contribution is -3.14. The van der Waals surface area contributed by atoms with Crippen LogP contribution in [-0.2, 0) is 4.79 Å². The SMILES string of the molecule is O=C(C[NH+]1CCC(NC(=O)c2ccco2)CC1)Nc1ccccc1[N+](=O)[O-]. The van der Waals surface area contributed by atoms with Gasteiger partial charge in [-0.15, -0.1) is 0 Å². The second-order valence-corrected chi connectivity index (χ2v) is 6.47. The Bertz CT molecular complexity index is 813. The fourth-order valence-corrected chi connectivity index (χ4v) is 3.17. The molecule has 0 radical (unpaired) electrons. The molecule has 1 fully saturated rings. The molecule has 0 bridgehead atoms. The Balaban J connectivity index is 1.46. The third kappa shape index (κ3) is 4.91. The highest BCUT2D eigenvalue weighted by Crippen LogP contribution is 2.22. The number of nitro groups is 1. The maximum absolute atomic E-state index is 12.2. The number of hydrogen-bond acceptors (Lipinski definition) is 5. The summed E-state index contributed by atoms with van der Waals surface area (Å²) in [4.78, 5) is 35.8. The fourth-order valence-electron chi connectivity index (χ4n) is 3.17. The summed E-state index contributed by atoms with van der Waals surface area (Å²) >= 11 is 0. The number of piperidine rings is 1. The van der Waals surface area contributed by atoms with Crippen molar-refractivity contribution < 1.29 is 23.8 Å². The van der Waals surface area contributed by atoms with Gasteiger partial charge in [0.15, 0.2) is 12.3 Å². The number of furan rings is 1. The molecular weight excluding hydrogens is 352 g/mol. The van der Waals surface area contributed by atoms with Crippen LogP contribution in [0.4, 0.5) is 11.4 Å². The predicted octanol–water partition coefficient (Wildman–Crippen LogP) is 0.604. The fraction of sp³-hybridized carbons (Fsp3) is 0.333. The Labute approximate surface area is 155 Å². The van der Waals surface area contributed by atoms with Crippen LogP contribution in [-0.4, -0.2) is 42.4 Å². The minimum atomic E-state index is -0.518. The van der Waals surface area contributed by atoms with Crippen LogP contribution in [0.5, 0.6) is 0 Å². The van der Waals surface area contributed by atoms with E-state index in [4.69, 9.17) is 4.42 Å². The maximum Gasteiger partial charge on any atom is 0.292 e. The molecule has 0 unspecified atom stereocenters. The molecule has 1 aromatic carbocycles. The van der Waals surface area contributed by atoms with Crippen LogP contribution in [0.2, 0.25) is 0 Å². The van der Waals surface area contributed by atoms with Crippen molar-refractivity contribution in [3.63, 3.8) is 0 Å². The first-order valence-corrected chi connectivity index (χ1v) is 8.74. The van der Waals surface area contributed by atoms with Crippen LogP contribution in [0.25, 0.3) is 0 Å². The molecule has 1 aromatic heterocycles. The van der Waals surface area contributed by atoms with Gasteiger partial charge < -0.3 is 20.0 Å². The zero-order valence-corrected chi connectivity index (χ0v) is 14.6. The van der Waals surface area contributed by atoms with Crippen molar-refractivity contribution in [1.29, 1.82) is 0 Å². The largest absolute Gasteiger partial charge is 0.459 e. The van der Waals surface area contributed by atoms with Crippen molar-refractivity contribution in [2.24, 2.45) is 0 Å². The molecule has 27 heavy (non-hydrogen) atoms. The van der Waals surface area contributed by atoms with Crippen LogP contribution in [0.3, 0.4) is 0 Å². The minimum Gasteiger partial charge on any atom is -0.459 e. The van der Waals surface area contributed by atoms with Crippen molar-refractivity contribution in [1.82, 2.24) is 5.32 Å². The number of para-hydroxylation sites is 2. The topological polar surface area (TPSA) is 119 Å². The van der Waals surface area contributed by atoms with E-state index in [-0.39, 0.29) is 41.5 Å². The molecule has 1 saturated heterocycles. The number of carbonyl (C=O) groups is 2. The van der Waals surface area contributed by atoms with Crippen LogP contribution >= 0.6 is 0 Å². The van der Waals surface area contributed by atoms with E-state index in [2.05, 4.69) is 10.6 Å². The number of carbonyl (C=O) groups excluding carboxylic acids is 2. The molecular formula is C18H21N4O5+. The average Bonchev–Trinajstić information content (AvgIpc) is 3.18. The zero-order valence-electron chi connectivity index (χ0n) is 14.6. The number of hydrogen-bond donors (Lipinski definition) is 3. The molecule has 1 aliphatic heterocycles. The Hall–Kier alpha value is -3.20. The molecule has 1 aliphatic rings. The summed E-state index contributed by atoms with van der Waals surface area (Å²) < 4.78 is 5.08. The maximum atomic E-state index is 12.2. The molecule has 9 heteroatoms. The summed E-state index contributed by atoms with van der Waals surface area (Å²) in [6.45, 7) is 1.69. The van der Waals surface area contributed by atoms with Gasteiger partial charge in [0.1, 0.15) is 5.69 Å². The Kier molecular flexibility index (Phi) is 5.82. The molecule has 2 heterocycles. The summed E-state index contributed by atoms with van der Waals surface area (Å²) in [6.07, 6.45) is 2.96. The van der Waals surface area contributed by atoms with Gasteiger partial charge in [-0.25, -0.2) is 0 Å². The van der Waals surface area contributed by atoms with Gasteiger partial charge in [-0.3, -0.25) is 19.7 Å². The number of quaternary nitrogens is 1. The summed E-state index contributed by atoms with van der Waals surface area (Å²) in [7, 11) is 0. The predicted molar refractivity (Wildman–Crippen MR) is 96.5 cm³/mol. The van der Waals surface area contributed by atoms with Crippen LogP contribution in [0.1, 0.15) is 23.4 Å². The van der Waals surface area contributed by atoms with Crippen molar-refractivity contribution in [3.8, 4) is 0 Å². The summed E-state index contributed by atoms with van der Waals surface area (Å²) in [5, 5.41) is 16.6. The van der Waals surface area contributed by atoms with Crippen LogP contribution < -0.4 is 15.5 Å². The van der Waals surface area contributed by atoms with E-state index in [0.717, 1.165) is 30.8 Å². The second kappa shape index (κ2) is 8.45. The molecule has 0 spiro atoms. The number of anilines is 1. The average molecular weight is 373 g/mol. The third-order valence-electron chi connectivity index (χ3n) is 4.56. The molecule has 3 N–H and O–H groups in total. The van der Waals surface area contributed by atoms with Gasteiger partial charge in [0, 0.05) is 24.9 Å². The Morgan fingerprint density at radius 1 is 1.19 bits per heavy atom. The molecule has 2 aromatic rings. The van der Waals surface area contributed by atoms with Crippen LogP contribution in [0.15, 0.2) is 47.1 Å². The quantitative estimate of drug-likeness (QED) is 0.506. The van der Waals surface area contributed by atoms with Gasteiger partial charge in [0.25, 0.3) is 17.5 Å². The van der Waals surface area contributed by atoms with Crippen LogP contribution in [0, 0.1) is 10.1 Å². The van der Waals surface area contributed by atoms with E-state index < -0.39 is 4.92 Å². The van der Waals surface area contributed by atoms with Gasteiger partial charge in [0.2, 0.25) is 0 Å². The molecule has 0 aliphatic carbocycles. The summed E-state index contributed by atoms with van der Waals surface area (Å²) in [5.74, 6) is -0.214. The first-order valence-electron chi connectivity index (χ1n) is 8.74. The Morgan fingerprint density at radius 2 is 1.93 bits per heavy atom. The number of benzene rings is 1. The van der Waals surface area contributed by atoms with Gasteiger partial charge in [0.05, 0.1) is 24.3 Å². The molecule has 3 rings (SSSR count). The molecule has 0 atom stereocenters. The van der Waals surface area contributed by atoms with Crippen molar-refractivity contribution in [3.05, 3.63) is 58.5 Å². The second-order valence-electron chi connectivity index (χ2n) is 6.47. The van der Waals surface area contributed by atoms with Gasteiger partial charge in [-0.1, -0.05) is 12.1 Å². The number of amides is 2. The van der Waals surface area contributed by atoms with E-state index >= 15 is 0 Å². The minimum absolute atomic E-state index is 0.0459. The monoisotopic (exact) mass is 373 g/mol. The Morgan fingerprint density at radius 3 is 2.59 bits per heavy atom. The smallest absolute Gasteiger partial charge is 0.292 e. The molecule has 2 amide bonds. The highest BCUT2D eigenvalue weighted by Gasteiger charge is 2.26. The highest BCUT2D eigenvalue weighted by atomic mass is 16.6. The normalized spacial score (nSPS) is 19.3. The van der Waals surface area contributed by atoms with Crippen molar-refractivity contribution >= 4 is 23.2 Å². The van der Waals surface area contributed by atoms with Crippen molar-refractivity contribution in [2.45, 2.75) is 18.9 Å². The number of nitro benzene ring substituents is 1. The lowest BCUT2D eigenvalue weighted by molar-refractivity contribution is -0.897. The van der Waals surface area contributed by atoms with E-state index in [9.17, 15) is 19.7 Å². The lowest BCUT2D eigenvalue weighted by atomic mass is 10.0. The number of nitrogens with one attached hydrogen (secondary N) is 3. The van der Waals surface area contributed by atoms with E-state index in [1.165, 1.54) is 18.4 Å². The highest BCUT2D eigenvalue weighted by molar-refractivity contribution is 5.93. The molecule has 0 saturated carbocycles. The van der Waals surface area contributed by atoms with E-state index in [0.29, 0.717) is 0 Å². The summed E-state index contributed by atoms with van der Waals surface area (Å²) in [6, 6.07) is 9.39. The third-order valence-corrected chi connectivity index (χ3v) is 4.56. The first-order chi connectivity index (χ1) is 13.0. The number of rotatable bonds is 6. The first kappa shape index (κ1) is 18.6. The standard InChI is InChI=1S/C18H20N4O5/c23-17(20-14-4-1-2-5-15(14)22(25)26)12-21-9-7-13(8-10-21)19-18(24)16-6-3-11-27-16/h1-6,11,13H,7-10,12H2,(H,19,24)(H,20,23)/p+1. The lowest BCUT2D eigenvalue weighted by Gasteiger charge is -2.29. The van der Waals surface area contributed by atoms with E-state index in [1.807, 2.05) is 0 Å². The van der Waals surface area contributed by atoms with Gasteiger partial charge >= 0.3 is 0 Å². The van der Waals surface area contributed by atoms with Gasteiger partial charge in [-0.05, 0) is 18.2 Å². The van der Waals surface area contributed by atoms with Crippen molar-refractivity contribution in [2.75, 3.05) is 25.0 Å².